The minimum atomic E-state index is -0.205. The van der Waals surface area contributed by atoms with Gasteiger partial charge < -0.3 is 43.0 Å². The highest BCUT2D eigenvalue weighted by Gasteiger charge is 2.55. The molecule has 4 aromatic carbocycles. The SMILES string of the molecule is C=C(O)C1CN(c2nc3ccccc3n(C3C[C@H]4CCC[C@@H](C3)N4C3C[C@H]4CC(C)C[C@@H](C3)C4)c2=O)C1.CC(=O)[C@@H]1CCN1c1nc2ccccc2n(C2C[C@H]3CCC[C@@H](C2)N3C2C[C@H]3CC(C)C[C@@H](C2)C3)c1=O.CCC1C[C@@H]2CC(N3[C@@H]4CCC[C@H]3CC(n3c(=O)c(N5CC[C@@H]5C(C)=O)nc5ccccc53)C4)C[C@H](C1)C2.CCC1C[C@@H]2CC(N3[C@@H]4CCC[C@H]3CC(n3c(=O)c(N5CC[C@H]5C(C)=O)nc5ccccc53)C4)C[C@H](C1)C2. The third-order valence-electron chi connectivity index (χ3n) is 43.5. The van der Waals surface area contributed by atoms with Gasteiger partial charge in [-0.3, -0.25) is 53.2 Å². The van der Waals surface area contributed by atoms with Crippen molar-refractivity contribution in [3.05, 3.63) is 151 Å². The number of ketones is 3. The van der Waals surface area contributed by atoms with Crippen LogP contribution in [0.1, 0.15) is 362 Å². The van der Waals surface area contributed by atoms with E-state index in [1.165, 1.54) is 218 Å². The highest BCUT2D eigenvalue weighted by molar-refractivity contribution is 5.89. The number of Topliss-reactive ketones (excluding diaryl/α,β-unsaturated/α-hetero) is 3. The number of aliphatic hydroxyl groups is 1. The number of piperidine rings is 8. The Morgan fingerprint density at radius 2 is 0.520 bits per heavy atom. The Hall–Kier alpha value is -8.97. The van der Waals surface area contributed by atoms with Gasteiger partial charge in [-0.25, -0.2) is 19.9 Å². The first kappa shape index (κ1) is 102. The number of carbonyl (C=O) groups is 3. The Morgan fingerprint density at radius 3 is 0.740 bits per heavy atom. The van der Waals surface area contributed by atoms with Crippen molar-refractivity contribution in [2.24, 2.45) is 76.9 Å². The summed E-state index contributed by atoms with van der Waals surface area (Å²) in [5, 5.41) is 9.80. The number of fused-ring (bicyclic) bond motifs is 20. The molecule has 0 amide bonds. The predicted molar refractivity (Wildman–Crippen MR) is 598 cm³/mol. The number of anilines is 4. The van der Waals surface area contributed by atoms with Gasteiger partial charge in [0.05, 0.1) is 73.9 Å². The van der Waals surface area contributed by atoms with Crippen LogP contribution in [0.5, 0.6) is 0 Å². The fourth-order valence-electron chi connectivity index (χ4n) is 37.5. The molecule has 12 aliphatic heterocycles. The van der Waals surface area contributed by atoms with Crippen LogP contribution in [-0.2, 0) is 14.4 Å². The molecule has 31 atom stereocenters. The lowest BCUT2D eigenvalue weighted by atomic mass is 9.64. The molecule has 8 saturated carbocycles. The van der Waals surface area contributed by atoms with Gasteiger partial charge in [0.2, 0.25) is 0 Å². The van der Waals surface area contributed by atoms with Crippen LogP contribution < -0.4 is 41.8 Å². The molecule has 24 heteroatoms. The summed E-state index contributed by atoms with van der Waals surface area (Å²) in [4.78, 5) is 132. The van der Waals surface area contributed by atoms with Crippen LogP contribution >= 0.6 is 0 Å². The zero-order valence-electron chi connectivity index (χ0n) is 91.2. The molecule has 12 saturated heterocycles. The van der Waals surface area contributed by atoms with E-state index in [9.17, 15) is 38.7 Å². The number of hydrogen-bond acceptors (Lipinski definition) is 20. The van der Waals surface area contributed by atoms with E-state index >= 15 is 0 Å². The summed E-state index contributed by atoms with van der Waals surface area (Å²) < 4.78 is 8.39. The number of rotatable bonds is 18. The van der Waals surface area contributed by atoms with Crippen molar-refractivity contribution in [2.45, 2.75) is 452 Å². The van der Waals surface area contributed by atoms with E-state index in [0.29, 0.717) is 84.7 Å². The number of hydrogen-bond donors (Lipinski definition) is 1. The summed E-state index contributed by atoms with van der Waals surface area (Å²) in [6, 6.07) is 40.4. The number of carbonyl (C=O) groups excluding carboxylic acids is 3. The molecule has 12 unspecified atom stereocenters. The number of para-hydroxylation sites is 8. The minimum absolute atomic E-state index is 0.00218. The highest BCUT2D eigenvalue weighted by Crippen LogP contribution is 2.57. The van der Waals surface area contributed by atoms with Crippen molar-refractivity contribution in [2.75, 3.05) is 52.3 Å². The first-order chi connectivity index (χ1) is 72.9. The third-order valence-corrected chi connectivity index (χ3v) is 43.5. The van der Waals surface area contributed by atoms with Gasteiger partial charge in [0.1, 0.15) is 0 Å². The number of nitrogens with zero attached hydrogens (tertiary/aromatic N) is 16. The van der Waals surface area contributed by atoms with Gasteiger partial charge in [-0.1, -0.05) is 121 Å². The van der Waals surface area contributed by atoms with Crippen molar-refractivity contribution < 1.29 is 19.5 Å². The van der Waals surface area contributed by atoms with Gasteiger partial charge >= 0.3 is 0 Å². The van der Waals surface area contributed by atoms with E-state index < -0.39 is 0 Å². The van der Waals surface area contributed by atoms with Gasteiger partial charge in [0.25, 0.3) is 22.2 Å². The molecule has 8 aromatic rings. The molecule has 0 radical (unpaired) electrons. The van der Waals surface area contributed by atoms with Crippen molar-refractivity contribution in [3.8, 4) is 0 Å². The monoisotopic (exact) mass is 2040 g/mol. The Kier molecular flexibility index (Phi) is 28.6. The number of aromatic nitrogens is 8. The largest absolute Gasteiger partial charge is 0.513 e. The van der Waals surface area contributed by atoms with Crippen LogP contribution in [0.25, 0.3) is 44.1 Å². The molecule has 28 rings (SSSR count). The standard InChI is InChI=1S/2C32H44N4O2.2C31H42N4O2/c2*1-3-21-13-22-15-23(14-21)17-26(16-22)35-24-7-6-8-25(35)19-27(18-24)36-30-10-5-4-9-28(30)33-31(32(36)38)34-12-11-29(34)20(2)37;1-19-10-21-12-22(11-19)14-26(13-21)34-24-6-5-7-25(34)16-27(15-24)35-29-9-4-3-8-28(29)32-30(31(35)37)33-17-23(18-33)20(2)36;1-19-12-21-14-22(13-19)16-25(15-21)34-23-6-5-7-24(34)18-26(17-23)35-29-9-4-3-8-27(29)32-30(31(35)37)33-11-10-28(33)20(2)36/h2*4-5,9-10,21-27,29H,3,6-8,11-19H2,1-2H3;3-4,8-9,19,21-27,36H,2,5-7,10-18H2,1H3;3-4,8-9,19,21-26,28H,5-7,10-18H2,1-2H3/t2*21?,22-,23+,24-,25+,26?,27?,29-;19?,21-,22+,24-,25+,26?,27?;19?,21-,22+,23-,24+,25?,26?,28-/m10.0/s1. The molecular formula is C126H172N16O8. The molecule has 0 spiro atoms. The lowest BCUT2D eigenvalue weighted by molar-refractivity contribution is -0.120. The highest BCUT2D eigenvalue weighted by atomic mass is 16.3. The summed E-state index contributed by atoms with van der Waals surface area (Å²) in [6.07, 6.45) is 57.6. The van der Waals surface area contributed by atoms with Crippen molar-refractivity contribution >= 4 is 84.8 Å². The van der Waals surface area contributed by atoms with E-state index in [-0.39, 0.29) is 93.6 Å². The van der Waals surface area contributed by atoms with E-state index in [1.807, 2.05) is 92.4 Å². The molecule has 16 bridgehead atoms. The average molecular weight is 2040 g/mol. The van der Waals surface area contributed by atoms with Crippen molar-refractivity contribution in [1.82, 2.24) is 57.8 Å². The van der Waals surface area contributed by atoms with Crippen LogP contribution in [0.3, 0.4) is 0 Å². The second-order valence-corrected chi connectivity index (χ2v) is 53.1. The van der Waals surface area contributed by atoms with E-state index in [2.05, 4.69) is 96.4 Å². The van der Waals surface area contributed by atoms with Crippen LogP contribution in [0, 0.1) is 76.9 Å². The maximum atomic E-state index is 14.1. The lowest BCUT2D eigenvalue weighted by Gasteiger charge is -2.56. The second kappa shape index (κ2) is 42.3. The predicted octanol–water partition coefficient (Wildman–Crippen LogP) is 22.5. The molecule has 24 nitrogen and oxygen atoms in total. The average Bonchev–Trinajstić information content (AvgIpc) is 0.740. The smallest absolute Gasteiger partial charge is 0.294 e. The fraction of sp³-hybridized carbons (Fsp3) is 0.706. The molecule has 4 aromatic heterocycles. The summed E-state index contributed by atoms with van der Waals surface area (Å²) in [7, 11) is 0. The number of benzene rings is 4. The summed E-state index contributed by atoms with van der Waals surface area (Å²) in [5.74, 6) is 13.7. The van der Waals surface area contributed by atoms with Gasteiger partial charge in [-0.05, 0) is 391 Å². The maximum Gasteiger partial charge on any atom is 0.294 e. The summed E-state index contributed by atoms with van der Waals surface area (Å²) >= 11 is 0. The first-order valence-electron chi connectivity index (χ1n) is 61.0. The Balaban J connectivity index is 0.000000104. The van der Waals surface area contributed by atoms with E-state index in [0.717, 1.165) is 230 Å². The normalized spacial score (nSPS) is 37.1. The fourth-order valence-corrected chi connectivity index (χ4v) is 37.5. The van der Waals surface area contributed by atoms with Crippen molar-refractivity contribution in [3.63, 3.8) is 0 Å². The first-order valence-corrected chi connectivity index (χ1v) is 61.0. The van der Waals surface area contributed by atoms with Gasteiger partial charge in [0.15, 0.2) is 40.6 Å². The zero-order chi connectivity index (χ0) is 102. The molecule has 804 valence electrons. The Bertz CT molecular complexity index is 6290. The number of aliphatic hydroxyl groups excluding tert-OH is 1. The molecule has 20 fully saturated rings. The molecule has 150 heavy (non-hydrogen) atoms. The Morgan fingerprint density at radius 1 is 0.293 bits per heavy atom. The van der Waals surface area contributed by atoms with Crippen molar-refractivity contribution in [1.29, 1.82) is 0 Å². The van der Waals surface area contributed by atoms with Gasteiger partial charge in [-0.2, -0.15) is 0 Å². The molecule has 20 aliphatic rings. The molecule has 16 heterocycles. The maximum absolute atomic E-state index is 14.1. The summed E-state index contributed by atoms with van der Waals surface area (Å²) in [5.41, 5.74) is 7.38. The lowest BCUT2D eigenvalue weighted by Crippen LogP contribution is -2.59. The van der Waals surface area contributed by atoms with Crippen LogP contribution in [-0.4, -0.2) is 204 Å². The quantitative estimate of drug-likeness (QED) is 0.0786. The van der Waals surface area contributed by atoms with Gasteiger partial charge in [0, 0.05) is 129 Å². The molecule has 8 aliphatic carbocycles. The van der Waals surface area contributed by atoms with E-state index in [4.69, 9.17) is 19.9 Å². The molecule has 1 N–H and O–H groups in total. The van der Waals surface area contributed by atoms with Gasteiger partial charge in [-0.15, -0.1) is 0 Å². The van der Waals surface area contributed by atoms with E-state index in [1.54, 1.807) is 20.8 Å². The summed E-state index contributed by atoms with van der Waals surface area (Å²) in [6.45, 7) is 21.7. The second-order valence-electron chi connectivity index (χ2n) is 53.1. The minimum Gasteiger partial charge on any atom is -0.513 e. The zero-order valence-corrected chi connectivity index (χ0v) is 91.2. The van der Waals surface area contributed by atoms with Crippen LogP contribution in [0.2, 0.25) is 0 Å². The topological polar surface area (TPSA) is 237 Å². The molecular weight excluding hydrogens is 1870 g/mol. The third kappa shape index (κ3) is 19.3. The van der Waals surface area contributed by atoms with Crippen LogP contribution in [0.15, 0.2) is 129 Å². The Labute approximate surface area is 888 Å². The van der Waals surface area contributed by atoms with Crippen LogP contribution in [0.4, 0.5) is 23.3 Å².